The highest BCUT2D eigenvalue weighted by atomic mass is 19.1. The van der Waals surface area contributed by atoms with Crippen molar-refractivity contribution in [3.63, 3.8) is 0 Å². The van der Waals surface area contributed by atoms with E-state index in [1.165, 1.54) is 11.6 Å². The Morgan fingerprint density at radius 1 is 0.909 bits per heavy atom. The maximum atomic E-state index is 13.8. The lowest BCUT2D eigenvalue weighted by Crippen LogP contribution is -1.92. The van der Waals surface area contributed by atoms with Gasteiger partial charge in [0, 0.05) is 0 Å². The van der Waals surface area contributed by atoms with Gasteiger partial charge >= 0.3 is 0 Å². The van der Waals surface area contributed by atoms with Gasteiger partial charge in [-0.05, 0) is 41.2 Å². The fraction of sp³-hybridized carbons (Fsp3) is 0.263. The molecule has 0 aliphatic heterocycles. The van der Waals surface area contributed by atoms with Crippen molar-refractivity contribution in [1.29, 1.82) is 0 Å². The monoisotopic (exact) mass is 296 g/mol. The number of aryl methyl sites for hydroxylation is 2. The molecule has 114 valence electrons. The number of rotatable bonds is 6. The maximum Gasteiger partial charge on any atom is 0.127 e. The van der Waals surface area contributed by atoms with Gasteiger partial charge in [0.1, 0.15) is 5.82 Å². The first-order valence-corrected chi connectivity index (χ1v) is 7.66. The topological polar surface area (TPSA) is 24.7 Å². The summed E-state index contributed by atoms with van der Waals surface area (Å²) in [5.74, 6) is -0.176. The van der Waals surface area contributed by atoms with Crippen molar-refractivity contribution < 1.29 is 4.39 Å². The van der Waals surface area contributed by atoms with Crippen molar-refractivity contribution >= 4 is 12.4 Å². The Balaban J connectivity index is 1.99. The minimum Gasteiger partial charge on any atom is -0.207 e. The highest BCUT2D eigenvalue weighted by molar-refractivity contribution is 5.82. The first-order chi connectivity index (χ1) is 10.7. The summed E-state index contributed by atoms with van der Waals surface area (Å²) in [6.07, 6.45) is 5.98. The number of benzene rings is 2. The Bertz CT molecular complexity index is 658. The molecule has 3 heteroatoms. The fourth-order valence-corrected chi connectivity index (χ4v) is 2.16. The molecule has 22 heavy (non-hydrogen) atoms. The summed E-state index contributed by atoms with van der Waals surface area (Å²) in [5.41, 5.74) is 3.76. The highest BCUT2D eigenvalue weighted by Crippen LogP contribution is 2.11. The second-order valence-electron chi connectivity index (χ2n) is 5.19. The van der Waals surface area contributed by atoms with E-state index in [4.69, 9.17) is 0 Å². The molecule has 0 aliphatic rings. The predicted molar refractivity (Wildman–Crippen MR) is 91.4 cm³/mol. The van der Waals surface area contributed by atoms with Crippen LogP contribution in [0, 0.1) is 5.82 Å². The number of nitrogens with zero attached hydrogens (tertiary/aromatic N) is 2. The van der Waals surface area contributed by atoms with E-state index in [2.05, 4.69) is 29.3 Å². The molecule has 0 radical (unpaired) electrons. The molecule has 0 aliphatic carbocycles. The van der Waals surface area contributed by atoms with Gasteiger partial charge in [0.25, 0.3) is 0 Å². The van der Waals surface area contributed by atoms with E-state index in [0.717, 1.165) is 36.0 Å². The zero-order valence-electron chi connectivity index (χ0n) is 13.1. The van der Waals surface area contributed by atoms with Gasteiger partial charge in [-0.3, -0.25) is 0 Å². The van der Waals surface area contributed by atoms with Crippen LogP contribution in [0.1, 0.15) is 42.5 Å². The predicted octanol–water partition coefficient (Wildman–Crippen LogP) is 4.79. The number of hydrogen-bond donors (Lipinski definition) is 0. The minimum absolute atomic E-state index is 0.176. The van der Waals surface area contributed by atoms with Crippen molar-refractivity contribution in [3.8, 4) is 0 Å². The fourth-order valence-electron chi connectivity index (χ4n) is 2.16. The largest absolute Gasteiger partial charge is 0.207 e. The third-order valence-electron chi connectivity index (χ3n) is 3.46. The molecule has 2 aromatic carbocycles. The maximum absolute atomic E-state index is 13.8. The van der Waals surface area contributed by atoms with Crippen LogP contribution in [0.4, 0.5) is 4.39 Å². The third-order valence-corrected chi connectivity index (χ3v) is 3.46. The van der Waals surface area contributed by atoms with Gasteiger partial charge in [0.05, 0.1) is 12.4 Å². The van der Waals surface area contributed by atoms with Crippen LogP contribution in [0.25, 0.3) is 0 Å². The number of halogens is 1. The average molecular weight is 296 g/mol. The van der Waals surface area contributed by atoms with Gasteiger partial charge in [0.15, 0.2) is 0 Å². The van der Waals surface area contributed by atoms with Crippen LogP contribution in [0.15, 0.2) is 52.7 Å². The van der Waals surface area contributed by atoms with E-state index in [0.29, 0.717) is 0 Å². The summed E-state index contributed by atoms with van der Waals surface area (Å²) >= 11 is 0. The van der Waals surface area contributed by atoms with E-state index in [1.807, 2.05) is 31.2 Å². The van der Waals surface area contributed by atoms with Crippen molar-refractivity contribution in [1.82, 2.24) is 0 Å². The normalized spacial score (nSPS) is 11.6. The van der Waals surface area contributed by atoms with Crippen molar-refractivity contribution in [2.24, 2.45) is 10.2 Å². The first-order valence-electron chi connectivity index (χ1n) is 7.66. The van der Waals surface area contributed by atoms with Gasteiger partial charge in [-0.1, -0.05) is 56.7 Å². The van der Waals surface area contributed by atoms with Crippen molar-refractivity contribution in [2.45, 2.75) is 33.1 Å². The Kier molecular flexibility index (Phi) is 6.01. The minimum atomic E-state index is -0.176. The van der Waals surface area contributed by atoms with E-state index in [1.54, 1.807) is 12.4 Å². The van der Waals surface area contributed by atoms with Crippen LogP contribution in [0.2, 0.25) is 0 Å². The van der Waals surface area contributed by atoms with Crippen LogP contribution in [-0.2, 0) is 12.8 Å². The molecular weight excluding hydrogens is 275 g/mol. The van der Waals surface area contributed by atoms with E-state index in [9.17, 15) is 4.39 Å². The first kappa shape index (κ1) is 16.1. The van der Waals surface area contributed by atoms with E-state index in [-0.39, 0.29) is 5.82 Å². The summed E-state index contributed by atoms with van der Waals surface area (Å²) in [5, 5.41) is 7.98. The number of hydrogen-bond acceptors (Lipinski definition) is 2. The summed E-state index contributed by atoms with van der Waals surface area (Å²) in [7, 11) is 0. The molecule has 0 aromatic heterocycles. The lowest BCUT2D eigenvalue weighted by molar-refractivity contribution is 0.607. The Morgan fingerprint density at radius 2 is 1.55 bits per heavy atom. The Morgan fingerprint density at radius 3 is 2.14 bits per heavy atom. The summed E-state index contributed by atoms with van der Waals surface area (Å²) in [4.78, 5) is 0. The van der Waals surface area contributed by atoms with Gasteiger partial charge in [0.2, 0.25) is 0 Å². The van der Waals surface area contributed by atoms with Crippen molar-refractivity contribution in [2.75, 3.05) is 0 Å². The summed E-state index contributed by atoms with van der Waals surface area (Å²) in [6.45, 7) is 4.16. The molecule has 0 unspecified atom stereocenters. The second kappa shape index (κ2) is 8.23. The molecule has 2 aromatic rings. The zero-order valence-corrected chi connectivity index (χ0v) is 13.1. The van der Waals surface area contributed by atoms with Gasteiger partial charge in [-0.25, -0.2) is 4.39 Å². The molecule has 0 fully saturated rings. The smallest absolute Gasteiger partial charge is 0.127 e. The van der Waals surface area contributed by atoms with Crippen LogP contribution in [0.3, 0.4) is 0 Å². The lowest BCUT2D eigenvalue weighted by Gasteiger charge is -2.01. The lowest BCUT2D eigenvalue weighted by atomic mass is 10.1. The highest BCUT2D eigenvalue weighted by Gasteiger charge is 2.01. The molecule has 0 heterocycles. The summed E-state index contributed by atoms with van der Waals surface area (Å²) in [6, 6.07) is 13.4. The summed E-state index contributed by atoms with van der Waals surface area (Å²) < 4.78 is 13.8. The Labute approximate surface area is 131 Å². The quantitative estimate of drug-likeness (QED) is 0.540. The molecule has 0 atom stereocenters. The molecule has 2 rings (SSSR count). The van der Waals surface area contributed by atoms with Crippen molar-refractivity contribution in [3.05, 3.63) is 70.5 Å². The van der Waals surface area contributed by atoms with Gasteiger partial charge in [-0.2, -0.15) is 10.2 Å². The molecular formula is C19H21FN2. The molecule has 2 nitrogen and oxygen atoms in total. The van der Waals surface area contributed by atoms with E-state index < -0.39 is 0 Å². The molecule has 0 amide bonds. The third kappa shape index (κ3) is 4.62. The van der Waals surface area contributed by atoms with Crippen LogP contribution in [-0.4, -0.2) is 12.4 Å². The standard InChI is InChI=1S/C19H21FN2/c1-3-5-18-11-10-17(12-19(18)20)14-22-21-13-16-8-6-15(4-2)7-9-16/h6-14H,3-5H2,1-2H3/b21-13+,22-14+. The molecule has 0 N–H and O–H groups in total. The van der Waals surface area contributed by atoms with E-state index >= 15 is 0 Å². The van der Waals surface area contributed by atoms with Crippen LogP contribution < -0.4 is 0 Å². The van der Waals surface area contributed by atoms with Crippen LogP contribution in [0.5, 0.6) is 0 Å². The molecule has 0 bridgehead atoms. The second-order valence-corrected chi connectivity index (χ2v) is 5.19. The van der Waals surface area contributed by atoms with Gasteiger partial charge in [-0.15, -0.1) is 0 Å². The molecule has 0 spiro atoms. The van der Waals surface area contributed by atoms with Crippen LogP contribution >= 0.6 is 0 Å². The average Bonchev–Trinajstić information content (AvgIpc) is 2.55. The SMILES string of the molecule is CCCc1ccc(/C=N/N=C/c2ccc(CC)cc2)cc1F. The molecule has 0 saturated heterocycles. The zero-order chi connectivity index (χ0) is 15.8. The Hall–Kier alpha value is -2.29. The van der Waals surface area contributed by atoms with Gasteiger partial charge < -0.3 is 0 Å². The molecule has 0 saturated carbocycles.